The Hall–Kier alpha value is -3.71. The molecule has 1 amide bonds. The van der Waals surface area contributed by atoms with Crippen LogP contribution in [0.4, 0.5) is 5.69 Å². The van der Waals surface area contributed by atoms with Gasteiger partial charge in [-0.05, 0) is 93.2 Å². The van der Waals surface area contributed by atoms with E-state index in [1.54, 1.807) is 24.4 Å². The highest BCUT2D eigenvalue weighted by atomic mass is 16.5. The number of hydrogen-bond acceptors (Lipinski definition) is 6. The Morgan fingerprint density at radius 1 is 1.00 bits per heavy atom. The number of carbonyl (C=O) groups is 1. The Balaban J connectivity index is 1.30. The smallest absolute Gasteiger partial charge is 0.251 e. The second-order valence-electron chi connectivity index (χ2n) is 10.9. The van der Waals surface area contributed by atoms with Crippen LogP contribution in [-0.4, -0.2) is 47.7 Å². The summed E-state index contributed by atoms with van der Waals surface area (Å²) in [6.45, 7) is 2.08. The van der Waals surface area contributed by atoms with Crippen molar-refractivity contribution in [1.29, 1.82) is 5.41 Å². The number of likely N-dealkylation sites (tertiary alicyclic amines) is 1. The molecule has 1 aromatic heterocycles. The molecule has 2 heterocycles. The summed E-state index contributed by atoms with van der Waals surface area (Å²) in [4.78, 5) is 20.4. The summed E-state index contributed by atoms with van der Waals surface area (Å²) in [5, 5.41) is 12.1. The molecular weight excluding hydrogens is 486 g/mol. The lowest BCUT2D eigenvalue weighted by Gasteiger charge is -2.30. The second kappa shape index (κ2) is 12.4. The van der Waals surface area contributed by atoms with Crippen molar-refractivity contribution >= 4 is 17.3 Å². The largest absolute Gasteiger partial charge is 0.490 e. The lowest BCUT2D eigenvalue weighted by atomic mass is 9.82. The molecule has 5 rings (SSSR count). The summed E-state index contributed by atoms with van der Waals surface area (Å²) in [6, 6.07) is 18.5. The number of rotatable bonds is 8. The van der Waals surface area contributed by atoms with Crippen molar-refractivity contribution in [1.82, 2.24) is 15.2 Å². The highest BCUT2D eigenvalue weighted by molar-refractivity contribution is 6.14. The molecule has 2 fully saturated rings. The van der Waals surface area contributed by atoms with E-state index in [0.717, 1.165) is 55.8 Å². The number of aromatic nitrogens is 1. The minimum Gasteiger partial charge on any atom is -0.490 e. The predicted octanol–water partition coefficient (Wildman–Crippen LogP) is 5.60. The molecule has 2 aliphatic rings. The molecule has 1 atom stereocenters. The zero-order valence-corrected chi connectivity index (χ0v) is 22.7. The minimum atomic E-state index is -0.174. The first-order valence-corrected chi connectivity index (χ1v) is 14.1. The fourth-order valence-electron chi connectivity index (χ4n) is 5.75. The van der Waals surface area contributed by atoms with Gasteiger partial charge in [-0.1, -0.05) is 25.3 Å². The number of ether oxygens (including phenoxy) is 1. The molecule has 1 aliphatic heterocycles. The van der Waals surface area contributed by atoms with Crippen LogP contribution in [-0.2, 0) is 0 Å². The molecule has 1 saturated heterocycles. The Bertz CT molecular complexity index is 1260. The van der Waals surface area contributed by atoms with Crippen LogP contribution in [0, 0.1) is 11.3 Å². The van der Waals surface area contributed by atoms with E-state index in [9.17, 15) is 4.79 Å². The van der Waals surface area contributed by atoms with E-state index in [4.69, 9.17) is 15.9 Å². The van der Waals surface area contributed by atoms with Crippen molar-refractivity contribution in [3.8, 4) is 5.75 Å². The van der Waals surface area contributed by atoms with E-state index in [0.29, 0.717) is 22.7 Å². The van der Waals surface area contributed by atoms with Crippen LogP contribution >= 0.6 is 0 Å². The van der Waals surface area contributed by atoms with Gasteiger partial charge in [0.1, 0.15) is 11.9 Å². The highest BCUT2D eigenvalue weighted by Gasteiger charge is 2.28. The Morgan fingerprint density at radius 3 is 2.41 bits per heavy atom. The van der Waals surface area contributed by atoms with Crippen molar-refractivity contribution in [2.45, 2.75) is 57.1 Å². The van der Waals surface area contributed by atoms with Crippen LogP contribution < -0.4 is 15.8 Å². The highest BCUT2D eigenvalue weighted by Crippen LogP contribution is 2.34. The van der Waals surface area contributed by atoms with E-state index < -0.39 is 0 Å². The van der Waals surface area contributed by atoms with E-state index in [1.807, 2.05) is 42.5 Å². The molecule has 0 radical (unpaired) electrons. The molecule has 0 bridgehead atoms. The van der Waals surface area contributed by atoms with Gasteiger partial charge in [-0.3, -0.25) is 15.2 Å². The molecule has 7 nitrogen and oxygen atoms in total. The van der Waals surface area contributed by atoms with Crippen LogP contribution in [0.3, 0.4) is 0 Å². The summed E-state index contributed by atoms with van der Waals surface area (Å²) in [5.74, 6) is 0.997. The Morgan fingerprint density at radius 2 is 1.72 bits per heavy atom. The maximum atomic E-state index is 13.5. The molecule has 7 heteroatoms. The monoisotopic (exact) mass is 525 g/mol. The number of amides is 1. The standard InChI is InChI=1S/C32H39N5O2/c1-37-19-16-26(17-20-37)39-25-13-10-22(11-14-25)30(34)27-21-24(12-15-28(27)33)32(38)36-31(23-7-3-2-4-8-23)29-9-5-6-18-35-29/h5-6,9-15,18,21,23,26,31,34H,2-4,7-8,16-17,19-20,33H2,1H3,(H,36,38). The van der Waals surface area contributed by atoms with Gasteiger partial charge in [0.25, 0.3) is 5.91 Å². The quantitative estimate of drug-likeness (QED) is 0.262. The molecule has 2 aromatic carbocycles. The Labute approximate surface area is 231 Å². The van der Waals surface area contributed by atoms with Gasteiger partial charge in [0.05, 0.1) is 17.4 Å². The van der Waals surface area contributed by atoms with Crippen LogP contribution in [0.15, 0.2) is 66.9 Å². The molecule has 1 unspecified atom stereocenters. The lowest BCUT2D eigenvalue weighted by Crippen LogP contribution is -2.35. The van der Waals surface area contributed by atoms with Crippen molar-refractivity contribution < 1.29 is 9.53 Å². The van der Waals surface area contributed by atoms with E-state index in [1.165, 1.54) is 19.3 Å². The van der Waals surface area contributed by atoms with Gasteiger partial charge in [-0.2, -0.15) is 0 Å². The fourth-order valence-corrected chi connectivity index (χ4v) is 5.75. The van der Waals surface area contributed by atoms with Gasteiger partial charge >= 0.3 is 0 Å². The number of piperidine rings is 1. The number of benzene rings is 2. The molecule has 3 aromatic rings. The summed E-state index contributed by atoms with van der Waals surface area (Å²) in [5.41, 5.74) is 9.69. The van der Waals surface area contributed by atoms with E-state index in [-0.39, 0.29) is 23.8 Å². The molecular formula is C32H39N5O2. The summed E-state index contributed by atoms with van der Waals surface area (Å²) >= 11 is 0. The topological polar surface area (TPSA) is 104 Å². The average Bonchev–Trinajstić information content (AvgIpc) is 2.98. The fraction of sp³-hybridized carbons (Fsp3) is 0.406. The summed E-state index contributed by atoms with van der Waals surface area (Å²) < 4.78 is 6.16. The lowest BCUT2D eigenvalue weighted by molar-refractivity contribution is 0.0911. The van der Waals surface area contributed by atoms with E-state index in [2.05, 4.69) is 22.2 Å². The molecule has 4 N–H and O–H groups in total. The van der Waals surface area contributed by atoms with Gasteiger partial charge < -0.3 is 20.7 Å². The van der Waals surface area contributed by atoms with Crippen molar-refractivity contribution in [3.05, 3.63) is 89.2 Å². The third-order valence-corrected chi connectivity index (χ3v) is 8.11. The summed E-state index contributed by atoms with van der Waals surface area (Å²) in [6.07, 6.45) is 9.79. The first kappa shape index (κ1) is 26.9. The van der Waals surface area contributed by atoms with Crippen molar-refractivity contribution in [2.75, 3.05) is 25.9 Å². The van der Waals surface area contributed by atoms with Crippen LogP contribution in [0.2, 0.25) is 0 Å². The second-order valence-corrected chi connectivity index (χ2v) is 10.9. The first-order chi connectivity index (χ1) is 19.0. The van der Waals surface area contributed by atoms with Gasteiger partial charge in [0.15, 0.2) is 0 Å². The van der Waals surface area contributed by atoms with Crippen molar-refractivity contribution in [2.24, 2.45) is 5.92 Å². The molecule has 1 saturated carbocycles. The maximum Gasteiger partial charge on any atom is 0.251 e. The third-order valence-electron chi connectivity index (χ3n) is 8.11. The number of pyridine rings is 1. The molecule has 1 aliphatic carbocycles. The average molecular weight is 526 g/mol. The molecule has 0 spiro atoms. The number of nitrogens with two attached hydrogens (primary N) is 1. The van der Waals surface area contributed by atoms with Crippen LogP contribution in [0.25, 0.3) is 0 Å². The molecule has 39 heavy (non-hydrogen) atoms. The van der Waals surface area contributed by atoms with Crippen molar-refractivity contribution in [3.63, 3.8) is 0 Å². The zero-order valence-electron chi connectivity index (χ0n) is 22.7. The van der Waals surface area contributed by atoms with Gasteiger partial charge in [-0.15, -0.1) is 0 Å². The zero-order chi connectivity index (χ0) is 27.2. The van der Waals surface area contributed by atoms with E-state index >= 15 is 0 Å². The number of nitrogen functional groups attached to an aromatic ring is 1. The third kappa shape index (κ3) is 6.66. The maximum absolute atomic E-state index is 13.5. The van der Waals surface area contributed by atoms with Crippen LogP contribution in [0.1, 0.15) is 78.2 Å². The SMILES string of the molecule is CN1CCC(Oc2ccc(C(=N)c3cc(C(=O)NC(c4ccccn4)C4CCCCC4)ccc3N)cc2)CC1. The molecule has 204 valence electrons. The normalized spacial score (nSPS) is 17.9. The number of hydrogen-bond donors (Lipinski definition) is 3. The number of nitrogens with zero attached hydrogens (tertiary/aromatic N) is 2. The van der Waals surface area contributed by atoms with Gasteiger partial charge in [0.2, 0.25) is 0 Å². The Kier molecular flexibility index (Phi) is 8.57. The number of anilines is 1. The van der Waals surface area contributed by atoms with Gasteiger partial charge in [0, 0.05) is 41.7 Å². The van der Waals surface area contributed by atoms with Crippen LogP contribution in [0.5, 0.6) is 5.75 Å². The number of carbonyl (C=O) groups excluding carboxylic acids is 1. The predicted molar refractivity (Wildman–Crippen MR) is 155 cm³/mol. The number of nitrogens with one attached hydrogen (secondary N) is 2. The minimum absolute atomic E-state index is 0.142. The van der Waals surface area contributed by atoms with Gasteiger partial charge in [-0.25, -0.2) is 0 Å². The summed E-state index contributed by atoms with van der Waals surface area (Å²) in [7, 11) is 2.14. The first-order valence-electron chi connectivity index (χ1n) is 14.1.